The second-order valence-electron chi connectivity index (χ2n) is 3.93. The van der Waals surface area contributed by atoms with Crippen molar-refractivity contribution in [3.8, 4) is 0 Å². The van der Waals surface area contributed by atoms with Crippen LogP contribution in [-0.2, 0) is 11.2 Å². The maximum atomic E-state index is 11.8. The van der Waals surface area contributed by atoms with Crippen molar-refractivity contribution in [2.45, 2.75) is 19.4 Å². The summed E-state index contributed by atoms with van der Waals surface area (Å²) >= 11 is 0. The number of nitrogens with one attached hydrogen (secondary N) is 2. The molecular formula is C13H15N3O. The fourth-order valence-electron chi connectivity index (χ4n) is 1.66. The highest BCUT2D eigenvalue weighted by Crippen LogP contribution is 2.06. The molecule has 1 atom stereocenters. The number of rotatable bonds is 4. The minimum absolute atomic E-state index is 0.0000926. The van der Waals surface area contributed by atoms with E-state index in [1.807, 2.05) is 37.3 Å². The number of carbonyl (C=O) groups is 1. The molecule has 0 aliphatic carbocycles. The van der Waals surface area contributed by atoms with Gasteiger partial charge in [-0.3, -0.25) is 4.79 Å². The Kier molecular flexibility index (Phi) is 3.55. The van der Waals surface area contributed by atoms with Gasteiger partial charge in [0.05, 0.1) is 12.5 Å². The van der Waals surface area contributed by atoms with Crippen LogP contribution in [0.3, 0.4) is 0 Å². The first-order valence-corrected chi connectivity index (χ1v) is 5.58. The summed E-state index contributed by atoms with van der Waals surface area (Å²) in [4.78, 5) is 18.9. The summed E-state index contributed by atoms with van der Waals surface area (Å²) in [5.74, 6) is 0.770. The Labute approximate surface area is 100 Å². The van der Waals surface area contributed by atoms with Gasteiger partial charge in [-0.25, -0.2) is 4.98 Å². The number of H-pyrrole nitrogens is 1. The van der Waals surface area contributed by atoms with Crippen molar-refractivity contribution < 1.29 is 4.79 Å². The lowest BCUT2D eigenvalue weighted by Crippen LogP contribution is -2.28. The fraction of sp³-hybridized carbons (Fsp3) is 0.231. The number of imidazole rings is 1. The van der Waals surface area contributed by atoms with Crippen molar-refractivity contribution in [1.82, 2.24) is 15.3 Å². The zero-order chi connectivity index (χ0) is 12.1. The Balaban J connectivity index is 1.90. The summed E-state index contributed by atoms with van der Waals surface area (Å²) in [5, 5.41) is 2.90. The van der Waals surface area contributed by atoms with Gasteiger partial charge in [0, 0.05) is 12.4 Å². The first-order valence-electron chi connectivity index (χ1n) is 5.58. The van der Waals surface area contributed by atoms with Crippen LogP contribution < -0.4 is 5.32 Å². The topological polar surface area (TPSA) is 57.8 Å². The molecule has 0 aliphatic rings. The number of aromatic amines is 1. The minimum Gasteiger partial charge on any atom is -0.347 e. The molecule has 0 aliphatic heterocycles. The quantitative estimate of drug-likeness (QED) is 0.840. The molecule has 88 valence electrons. The zero-order valence-corrected chi connectivity index (χ0v) is 9.68. The van der Waals surface area contributed by atoms with E-state index in [0.29, 0.717) is 6.42 Å². The number of benzene rings is 1. The smallest absolute Gasteiger partial charge is 0.224 e. The van der Waals surface area contributed by atoms with Crippen LogP contribution in [0.25, 0.3) is 0 Å². The number of nitrogens with zero attached hydrogens (tertiary/aromatic N) is 1. The van der Waals surface area contributed by atoms with E-state index < -0.39 is 0 Å². The van der Waals surface area contributed by atoms with Crippen LogP contribution >= 0.6 is 0 Å². The molecule has 1 unspecified atom stereocenters. The van der Waals surface area contributed by atoms with Crippen molar-refractivity contribution >= 4 is 5.91 Å². The third kappa shape index (κ3) is 3.17. The van der Waals surface area contributed by atoms with E-state index in [1.165, 1.54) is 0 Å². The van der Waals surface area contributed by atoms with E-state index in [0.717, 1.165) is 11.4 Å². The van der Waals surface area contributed by atoms with E-state index in [4.69, 9.17) is 0 Å². The lowest BCUT2D eigenvalue weighted by Gasteiger charge is -2.11. The molecule has 1 aromatic carbocycles. The first kappa shape index (κ1) is 11.4. The number of amides is 1. The van der Waals surface area contributed by atoms with Crippen molar-refractivity contribution in [3.05, 3.63) is 54.1 Å². The molecule has 0 fully saturated rings. The second-order valence-corrected chi connectivity index (χ2v) is 3.93. The van der Waals surface area contributed by atoms with Gasteiger partial charge in [-0.05, 0) is 12.5 Å². The number of carbonyl (C=O) groups excluding carboxylic acids is 1. The van der Waals surface area contributed by atoms with Crippen LogP contribution in [0.15, 0.2) is 42.7 Å². The molecule has 2 rings (SSSR count). The summed E-state index contributed by atoms with van der Waals surface area (Å²) < 4.78 is 0. The van der Waals surface area contributed by atoms with Crippen LogP contribution in [0.2, 0.25) is 0 Å². The second kappa shape index (κ2) is 5.30. The van der Waals surface area contributed by atoms with Crippen molar-refractivity contribution in [3.63, 3.8) is 0 Å². The number of aromatic nitrogens is 2. The van der Waals surface area contributed by atoms with E-state index >= 15 is 0 Å². The van der Waals surface area contributed by atoms with Gasteiger partial charge in [0.1, 0.15) is 5.82 Å². The molecule has 1 heterocycles. The molecule has 0 saturated carbocycles. The third-order valence-corrected chi connectivity index (χ3v) is 2.51. The van der Waals surface area contributed by atoms with Crippen LogP contribution in [0.5, 0.6) is 0 Å². The van der Waals surface area contributed by atoms with Gasteiger partial charge in [0.2, 0.25) is 5.91 Å². The monoisotopic (exact) mass is 229 g/mol. The number of hydrogen-bond donors (Lipinski definition) is 2. The van der Waals surface area contributed by atoms with E-state index in [1.54, 1.807) is 12.4 Å². The Morgan fingerprint density at radius 3 is 2.82 bits per heavy atom. The molecule has 0 bridgehead atoms. The van der Waals surface area contributed by atoms with E-state index in [-0.39, 0.29) is 11.9 Å². The molecule has 0 spiro atoms. The van der Waals surface area contributed by atoms with Crippen molar-refractivity contribution in [2.24, 2.45) is 0 Å². The summed E-state index contributed by atoms with van der Waals surface area (Å²) in [6.45, 7) is 1.90. The van der Waals surface area contributed by atoms with Gasteiger partial charge < -0.3 is 10.3 Å². The standard InChI is InChI=1S/C13H15N3O/c1-10(13-14-7-8-15-13)16-12(17)9-11-5-3-2-4-6-11/h2-8,10H,9H2,1H3,(H,14,15)(H,16,17). The molecule has 17 heavy (non-hydrogen) atoms. The highest BCUT2D eigenvalue weighted by molar-refractivity contribution is 5.78. The van der Waals surface area contributed by atoms with Gasteiger partial charge in [-0.2, -0.15) is 0 Å². The lowest BCUT2D eigenvalue weighted by atomic mass is 10.1. The zero-order valence-electron chi connectivity index (χ0n) is 9.68. The summed E-state index contributed by atoms with van der Waals surface area (Å²) in [6.07, 6.45) is 3.82. The Morgan fingerprint density at radius 2 is 2.18 bits per heavy atom. The third-order valence-electron chi connectivity index (χ3n) is 2.51. The van der Waals surface area contributed by atoms with Crippen LogP contribution in [0, 0.1) is 0 Å². The van der Waals surface area contributed by atoms with Crippen LogP contribution in [-0.4, -0.2) is 15.9 Å². The molecule has 1 aromatic heterocycles. The molecule has 0 radical (unpaired) electrons. The fourth-order valence-corrected chi connectivity index (χ4v) is 1.66. The highest BCUT2D eigenvalue weighted by atomic mass is 16.1. The summed E-state index contributed by atoms with van der Waals surface area (Å²) in [6, 6.07) is 9.58. The molecule has 4 nitrogen and oxygen atoms in total. The largest absolute Gasteiger partial charge is 0.347 e. The maximum Gasteiger partial charge on any atom is 0.224 e. The Bertz CT molecular complexity index is 465. The average Bonchev–Trinajstić information content (AvgIpc) is 2.83. The number of hydrogen-bond acceptors (Lipinski definition) is 2. The van der Waals surface area contributed by atoms with Gasteiger partial charge in [-0.15, -0.1) is 0 Å². The van der Waals surface area contributed by atoms with Crippen molar-refractivity contribution in [2.75, 3.05) is 0 Å². The van der Waals surface area contributed by atoms with Crippen molar-refractivity contribution in [1.29, 1.82) is 0 Å². The predicted octanol–water partition coefficient (Wildman–Crippen LogP) is 1.83. The van der Waals surface area contributed by atoms with Gasteiger partial charge in [-0.1, -0.05) is 30.3 Å². The molecule has 4 heteroatoms. The van der Waals surface area contributed by atoms with Crippen LogP contribution in [0.4, 0.5) is 0 Å². The lowest BCUT2D eigenvalue weighted by molar-refractivity contribution is -0.121. The van der Waals surface area contributed by atoms with Gasteiger partial charge in [0.25, 0.3) is 0 Å². The molecule has 1 amide bonds. The van der Waals surface area contributed by atoms with Gasteiger partial charge in [0.15, 0.2) is 0 Å². The SMILES string of the molecule is CC(NC(=O)Cc1ccccc1)c1ncc[nH]1. The van der Waals surface area contributed by atoms with Gasteiger partial charge >= 0.3 is 0 Å². The first-order chi connectivity index (χ1) is 8.25. The predicted molar refractivity (Wildman–Crippen MR) is 65.3 cm³/mol. The Morgan fingerprint density at radius 1 is 1.41 bits per heavy atom. The minimum atomic E-state index is -0.0961. The summed E-state index contributed by atoms with van der Waals surface area (Å²) in [7, 11) is 0. The summed E-state index contributed by atoms with van der Waals surface area (Å²) in [5.41, 5.74) is 1.01. The Hall–Kier alpha value is -2.10. The van der Waals surface area contributed by atoms with E-state index in [9.17, 15) is 4.79 Å². The normalized spacial score (nSPS) is 12.1. The molecular weight excluding hydrogens is 214 g/mol. The average molecular weight is 229 g/mol. The molecule has 0 saturated heterocycles. The highest BCUT2D eigenvalue weighted by Gasteiger charge is 2.11. The molecule has 2 aromatic rings. The van der Waals surface area contributed by atoms with E-state index in [2.05, 4.69) is 15.3 Å². The van der Waals surface area contributed by atoms with Crippen LogP contribution in [0.1, 0.15) is 24.4 Å². The maximum absolute atomic E-state index is 11.8. The molecule has 2 N–H and O–H groups in total.